The fourth-order valence-electron chi connectivity index (χ4n) is 3.42. The van der Waals surface area contributed by atoms with E-state index in [9.17, 15) is 0 Å². The summed E-state index contributed by atoms with van der Waals surface area (Å²) >= 11 is 0. The predicted octanol–water partition coefficient (Wildman–Crippen LogP) is 6.58. The molecule has 4 aromatic rings. The Hall–Kier alpha value is -2.26. The molecule has 2 heterocycles. The van der Waals surface area contributed by atoms with E-state index < -0.39 is 8.07 Å². The Balaban J connectivity index is 0.000000170. The van der Waals surface area contributed by atoms with Gasteiger partial charge in [-0.05, 0) is 24.3 Å². The molecule has 0 unspecified atom stereocenters. The van der Waals surface area contributed by atoms with Gasteiger partial charge in [0.25, 0.3) is 0 Å². The van der Waals surface area contributed by atoms with Crippen molar-refractivity contribution in [3.05, 3.63) is 66.9 Å². The molecule has 0 amide bonds. The number of rotatable bonds is 4. The quantitative estimate of drug-likeness (QED) is 0.388. The molecule has 0 saturated heterocycles. The Kier molecular flexibility index (Phi) is 5.44. The highest BCUT2D eigenvalue weighted by Crippen LogP contribution is 2.24. The first-order valence-electron chi connectivity index (χ1n) is 9.13. The Labute approximate surface area is 150 Å². The summed E-state index contributed by atoms with van der Waals surface area (Å²) in [7, 11) is -1.34. The van der Waals surface area contributed by atoms with Gasteiger partial charge >= 0.3 is 0 Å². The van der Waals surface area contributed by atoms with E-state index in [2.05, 4.69) is 45.0 Å². The van der Waals surface area contributed by atoms with Crippen LogP contribution in [0.5, 0.6) is 0 Å². The molecule has 25 heavy (non-hydrogen) atoms. The third kappa shape index (κ3) is 3.56. The SMILES string of the molecule is CC[Si](CC)(CC)c1cc2ccccc2o1.c1ccc2occc2c1. The molecule has 0 aliphatic rings. The lowest BCUT2D eigenvalue weighted by Crippen LogP contribution is -2.44. The first-order chi connectivity index (χ1) is 12.2. The number of fused-ring (bicyclic) bond motifs is 2. The molecule has 0 saturated carbocycles. The molecule has 0 aliphatic heterocycles. The molecule has 0 fully saturated rings. The van der Waals surface area contributed by atoms with Gasteiger partial charge in [-0.15, -0.1) is 0 Å². The van der Waals surface area contributed by atoms with Gasteiger partial charge in [-0.2, -0.15) is 0 Å². The zero-order valence-corrected chi connectivity index (χ0v) is 16.3. The molecule has 0 aliphatic carbocycles. The Bertz CT molecular complexity index is 860. The van der Waals surface area contributed by atoms with E-state index in [-0.39, 0.29) is 0 Å². The van der Waals surface area contributed by atoms with Gasteiger partial charge in [-0.3, -0.25) is 0 Å². The van der Waals surface area contributed by atoms with E-state index in [1.807, 2.05) is 36.4 Å². The minimum atomic E-state index is -1.34. The van der Waals surface area contributed by atoms with Crippen molar-refractivity contribution in [2.24, 2.45) is 0 Å². The van der Waals surface area contributed by atoms with Gasteiger partial charge in [0.2, 0.25) is 0 Å². The van der Waals surface area contributed by atoms with Gasteiger partial charge in [-0.25, -0.2) is 0 Å². The zero-order chi connectivity index (χ0) is 17.7. The molecule has 0 atom stereocenters. The maximum atomic E-state index is 6.07. The second-order valence-corrected chi connectivity index (χ2v) is 11.6. The lowest BCUT2D eigenvalue weighted by atomic mass is 10.3. The van der Waals surface area contributed by atoms with E-state index in [0.717, 1.165) is 16.6 Å². The van der Waals surface area contributed by atoms with Crippen LogP contribution in [0, 0.1) is 0 Å². The monoisotopic (exact) mass is 350 g/mol. The summed E-state index contributed by atoms with van der Waals surface area (Å²) in [5.74, 6) is 0. The Morgan fingerprint density at radius 2 is 1.32 bits per heavy atom. The Morgan fingerprint density at radius 3 is 1.92 bits per heavy atom. The molecular weight excluding hydrogens is 324 g/mol. The number of benzene rings is 2. The normalized spacial score (nSPS) is 11.5. The molecule has 0 radical (unpaired) electrons. The summed E-state index contributed by atoms with van der Waals surface area (Å²) in [5.41, 5.74) is 2.00. The average molecular weight is 351 g/mol. The number of para-hydroxylation sites is 2. The molecule has 130 valence electrons. The molecule has 3 heteroatoms. The van der Waals surface area contributed by atoms with Crippen LogP contribution >= 0.6 is 0 Å². The van der Waals surface area contributed by atoms with Crippen molar-refractivity contribution in [3.8, 4) is 0 Å². The number of hydrogen-bond acceptors (Lipinski definition) is 2. The van der Waals surface area contributed by atoms with Crippen molar-refractivity contribution in [2.75, 3.05) is 0 Å². The van der Waals surface area contributed by atoms with Crippen LogP contribution in [0.1, 0.15) is 20.8 Å². The van der Waals surface area contributed by atoms with E-state index in [4.69, 9.17) is 8.83 Å². The minimum absolute atomic E-state index is 0.956. The largest absolute Gasteiger partial charge is 0.466 e. The fraction of sp³-hybridized carbons (Fsp3) is 0.273. The molecule has 0 spiro atoms. The standard InChI is InChI=1S/C14H20OSi.C8H6O/c1-4-16(5-2,6-3)14-11-12-9-7-8-10-13(12)15-14;1-2-4-8-7(3-1)5-6-9-8/h7-11H,4-6H2,1-3H3;1-6H. The highest BCUT2D eigenvalue weighted by atomic mass is 28.3. The molecule has 2 aromatic heterocycles. The molecule has 2 aromatic carbocycles. The topological polar surface area (TPSA) is 26.3 Å². The lowest BCUT2D eigenvalue weighted by Gasteiger charge is -2.24. The van der Waals surface area contributed by atoms with Crippen molar-refractivity contribution in [3.63, 3.8) is 0 Å². The van der Waals surface area contributed by atoms with E-state index in [0.29, 0.717) is 0 Å². The van der Waals surface area contributed by atoms with Gasteiger partial charge in [0.1, 0.15) is 19.2 Å². The van der Waals surface area contributed by atoms with Crippen molar-refractivity contribution < 1.29 is 8.83 Å². The molecule has 0 bridgehead atoms. The lowest BCUT2D eigenvalue weighted by molar-refractivity contribution is 0.616. The van der Waals surface area contributed by atoms with E-state index in [1.165, 1.54) is 28.9 Å². The third-order valence-electron chi connectivity index (χ3n) is 5.34. The van der Waals surface area contributed by atoms with Gasteiger partial charge in [0.15, 0.2) is 0 Å². The van der Waals surface area contributed by atoms with Crippen LogP contribution in [-0.4, -0.2) is 8.07 Å². The summed E-state index contributed by atoms with van der Waals surface area (Å²) in [6.45, 7) is 6.94. The van der Waals surface area contributed by atoms with Crippen LogP contribution < -0.4 is 5.38 Å². The Morgan fingerprint density at radius 1 is 0.720 bits per heavy atom. The number of furan rings is 2. The molecule has 0 N–H and O–H groups in total. The third-order valence-corrected chi connectivity index (χ3v) is 10.7. The van der Waals surface area contributed by atoms with Crippen molar-refractivity contribution >= 4 is 35.4 Å². The van der Waals surface area contributed by atoms with Crippen molar-refractivity contribution in [1.29, 1.82) is 0 Å². The van der Waals surface area contributed by atoms with Crippen LogP contribution in [0.2, 0.25) is 18.1 Å². The smallest absolute Gasteiger partial charge is 0.133 e. The second kappa shape index (κ2) is 7.75. The van der Waals surface area contributed by atoms with Gasteiger partial charge in [-0.1, -0.05) is 75.3 Å². The van der Waals surface area contributed by atoms with Crippen LogP contribution in [0.4, 0.5) is 0 Å². The maximum Gasteiger partial charge on any atom is 0.133 e. The van der Waals surface area contributed by atoms with Gasteiger partial charge < -0.3 is 8.83 Å². The van der Waals surface area contributed by atoms with Crippen molar-refractivity contribution in [2.45, 2.75) is 38.9 Å². The highest BCUT2D eigenvalue weighted by Gasteiger charge is 2.32. The molecule has 2 nitrogen and oxygen atoms in total. The summed E-state index contributed by atoms with van der Waals surface area (Å²) in [6, 6.07) is 24.3. The van der Waals surface area contributed by atoms with Crippen LogP contribution in [-0.2, 0) is 0 Å². The molecular formula is C22H26O2Si. The van der Waals surface area contributed by atoms with E-state index >= 15 is 0 Å². The van der Waals surface area contributed by atoms with Gasteiger partial charge in [0, 0.05) is 10.8 Å². The predicted molar refractivity (Wildman–Crippen MR) is 109 cm³/mol. The van der Waals surface area contributed by atoms with Crippen LogP contribution in [0.25, 0.3) is 21.9 Å². The number of hydrogen-bond donors (Lipinski definition) is 0. The van der Waals surface area contributed by atoms with Crippen molar-refractivity contribution in [1.82, 2.24) is 0 Å². The maximum absolute atomic E-state index is 6.07. The summed E-state index contributed by atoms with van der Waals surface area (Å²) in [5, 5.41) is 3.71. The van der Waals surface area contributed by atoms with E-state index in [1.54, 1.807) is 6.26 Å². The average Bonchev–Trinajstić information content (AvgIpc) is 3.31. The summed E-state index contributed by atoms with van der Waals surface area (Å²) in [6.07, 6.45) is 1.70. The first kappa shape index (κ1) is 17.6. The first-order valence-corrected chi connectivity index (χ1v) is 11.8. The summed E-state index contributed by atoms with van der Waals surface area (Å²) in [4.78, 5) is 0. The summed E-state index contributed by atoms with van der Waals surface area (Å²) < 4.78 is 11.2. The van der Waals surface area contributed by atoms with Gasteiger partial charge in [0.05, 0.1) is 11.6 Å². The zero-order valence-electron chi connectivity index (χ0n) is 15.3. The minimum Gasteiger partial charge on any atom is -0.466 e. The molecule has 4 rings (SSSR count). The van der Waals surface area contributed by atoms with Crippen LogP contribution in [0.15, 0.2) is 75.8 Å². The highest BCUT2D eigenvalue weighted by molar-refractivity contribution is 6.91. The second-order valence-electron chi connectivity index (χ2n) is 6.45. The van der Waals surface area contributed by atoms with Crippen LogP contribution in [0.3, 0.4) is 0 Å². The fourth-order valence-corrected chi connectivity index (χ4v) is 6.76.